The van der Waals surface area contributed by atoms with E-state index in [9.17, 15) is 4.79 Å². The van der Waals surface area contributed by atoms with Gasteiger partial charge in [-0.3, -0.25) is 4.79 Å². The van der Waals surface area contributed by atoms with Gasteiger partial charge in [-0.15, -0.1) is 0 Å². The van der Waals surface area contributed by atoms with Crippen LogP contribution in [0, 0.1) is 5.92 Å². The molecule has 0 N–H and O–H groups in total. The summed E-state index contributed by atoms with van der Waals surface area (Å²) < 4.78 is 15.0. The van der Waals surface area contributed by atoms with E-state index in [-0.39, 0.29) is 29.3 Å². The van der Waals surface area contributed by atoms with Gasteiger partial charge in [-0.2, -0.15) is 0 Å². The van der Waals surface area contributed by atoms with Gasteiger partial charge in [-0.25, -0.2) is 0 Å². The Hall–Kier alpha value is 0.0169. The van der Waals surface area contributed by atoms with Gasteiger partial charge in [0.25, 0.3) is 0 Å². The van der Waals surface area contributed by atoms with Gasteiger partial charge in [0.15, 0.2) is 8.32 Å². The van der Waals surface area contributed by atoms with Crippen molar-refractivity contribution in [3.63, 3.8) is 0 Å². The highest BCUT2D eigenvalue weighted by atomic mass is 127. The van der Waals surface area contributed by atoms with E-state index in [1.807, 2.05) is 17.1 Å². The van der Waals surface area contributed by atoms with Crippen LogP contribution in [-0.2, 0) is 14.0 Å². The van der Waals surface area contributed by atoms with Crippen molar-refractivity contribution in [2.45, 2.75) is 83.9 Å². The van der Waals surface area contributed by atoms with Gasteiger partial charge in [-0.05, 0) is 53.6 Å². The van der Waals surface area contributed by atoms with Crippen molar-refractivity contribution in [1.29, 1.82) is 0 Å². The molecule has 5 heteroatoms. The second kappa shape index (κ2) is 9.10. The van der Waals surface area contributed by atoms with E-state index < -0.39 is 8.32 Å². The summed E-state index contributed by atoms with van der Waals surface area (Å²) in [5.41, 5.74) is 0.725. The van der Waals surface area contributed by atoms with Crippen molar-refractivity contribution in [2.24, 2.45) is 5.92 Å². The first-order valence-corrected chi connectivity index (χ1v) is 12.9. The van der Waals surface area contributed by atoms with Gasteiger partial charge in [0.1, 0.15) is 6.29 Å². The molecule has 1 rings (SSSR count). The minimum Gasteiger partial charge on any atom is -0.413 e. The number of hydrogen-bond acceptors (Lipinski definition) is 3. The molecule has 24 heavy (non-hydrogen) atoms. The lowest BCUT2D eigenvalue weighted by molar-refractivity contribution is -0.108. The van der Waals surface area contributed by atoms with Crippen molar-refractivity contribution >= 4 is 37.2 Å². The molecule has 1 aliphatic rings. The normalized spacial score (nSPS) is 29.9. The van der Waals surface area contributed by atoms with Gasteiger partial charge in [0, 0.05) is 5.92 Å². The van der Waals surface area contributed by atoms with Crippen LogP contribution in [0.5, 0.6) is 0 Å². The van der Waals surface area contributed by atoms with E-state index in [0.29, 0.717) is 0 Å². The highest BCUT2D eigenvalue weighted by Crippen LogP contribution is 2.41. The minimum atomic E-state index is -1.84. The summed E-state index contributed by atoms with van der Waals surface area (Å²) in [6.45, 7) is 15.4. The number of carbonyl (C=O) groups excluding carboxylic acids is 1. The fourth-order valence-corrected chi connectivity index (χ4v) is 4.36. The van der Waals surface area contributed by atoms with Gasteiger partial charge in [0.05, 0.1) is 18.3 Å². The summed E-state index contributed by atoms with van der Waals surface area (Å²) >= 11 is 2.24. The predicted octanol–water partition coefficient (Wildman–Crippen LogP) is 5.65. The van der Waals surface area contributed by atoms with Gasteiger partial charge < -0.3 is 9.16 Å². The summed E-state index contributed by atoms with van der Waals surface area (Å²) in [6.07, 6.45) is 7.05. The lowest BCUT2D eigenvalue weighted by Crippen LogP contribution is -2.51. The fourth-order valence-electron chi connectivity index (χ4n) is 2.64. The molecular weight excluding hydrogens is 431 g/mol. The van der Waals surface area contributed by atoms with Crippen LogP contribution in [-0.4, -0.2) is 32.9 Å². The standard InChI is InChI=1S/C19H33IO3Si/c1-14(13-21)11-17-15(2)18(12-16(22-17)9-8-10-20)23-24(6,7)19(3,4)5/h8,10-11,13,15-18H,9,12H2,1-7H3/b10-8+,14-11-/t15-,16-,17+,18-/m0/s1. The molecule has 0 radical (unpaired) electrons. The van der Waals surface area contributed by atoms with E-state index in [0.717, 1.165) is 24.7 Å². The van der Waals surface area contributed by atoms with E-state index in [4.69, 9.17) is 9.16 Å². The lowest BCUT2D eigenvalue weighted by Gasteiger charge is -2.46. The number of aldehydes is 1. The molecule has 0 bridgehead atoms. The SMILES string of the molecule is C/C(C=O)=C/[C@H]1O[C@@H](C/C=C/I)C[C@H](O[Si](C)(C)C(C)(C)C)[C@H]1C. The van der Waals surface area contributed by atoms with Crippen LogP contribution in [0.4, 0.5) is 0 Å². The largest absolute Gasteiger partial charge is 0.413 e. The Morgan fingerprint density at radius 1 is 1.38 bits per heavy atom. The maximum atomic E-state index is 11.0. The van der Waals surface area contributed by atoms with Crippen LogP contribution in [0.25, 0.3) is 0 Å². The van der Waals surface area contributed by atoms with Crippen LogP contribution < -0.4 is 0 Å². The number of ether oxygens (including phenoxy) is 1. The van der Waals surface area contributed by atoms with Gasteiger partial charge in [-0.1, -0.05) is 56.4 Å². The molecule has 4 atom stereocenters. The molecule has 1 aliphatic heterocycles. The monoisotopic (exact) mass is 464 g/mol. The zero-order chi connectivity index (χ0) is 18.5. The molecule has 0 saturated carbocycles. The van der Waals surface area contributed by atoms with E-state index in [2.05, 4.69) is 69.5 Å². The first-order chi connectivity index (χ1) is 11.0. The van der Waals surface area contributed by atoms with Crippen LogP contribution in [0.2, 0.25) is 18.1 Å². The van der Waals surface area contributed by atoms with E-state index in [1.165, 1.54) is 0 Å². The Morgan fingerprint density at radius 2 is 2.00 bits per heavy atom. The minimum absolute atomic E-state index is 0.0636. The number of hydrogen-bond donors (Lipinski definition) is 0. The van der Waals surface area contributed by atoms with Crippen molar-refractivity contribution in [1.82, 2.24) is 0 Å². The number of allylic oxidation sites excluding steroid dienone is 1. The lowest BCUT2D eigenvalue weighted by atomic mass is 9.88. The van der Waals surface area contributed by atoms with Crippen molar-refractivity contribution in [3.05, 3.63) is 21.8 Å². The van der Waals surface area contributed by atoms with Gasteiger partial charge in [0.2, 0.25) is 0 Å². The quantitative estimate of drug-likeness (QED) is 0.220. The topological polar surface area (TPSA) is 35.5 Å². The first-order valence-electron chi connectivity index (χ1n) is 8.74. The molecule has 0 aromatic heterocycles. The summed E-state index contributed by atoms with van der Waals surface area (Å²) in [5.74, 6) is 0.244. The van der Waals surface area contributed by atoms with E-state index >= 15 is 0 Å². The van der Waals surface area contributed by atoms with Crippen molar-refractivity contribution in [3.8, 4) is 0 Å². The summed E-state index contributed by atoms with van der Waals surface area (Å²) in [6, 6.07) is 0. The third kappa shape index (κ3) is 6.07. The number of halogens is 1. The Balaban J connectivity index is 3.01. The Morgan fingerprint density at radius 3 is 2.50 bits per heavy atom. The maximum absolute atomic E-state index is 11.0. The zero-order valence-corrected chi connectivity index (χ0v) is 19.3. The fraction of sp³-hybridized carbons (Fsp3) is 0.737. The average Bonchev–Trinajstić information content (AvgIpc) is 2.47. The maximum Gasteiger partial charge on any atom is 0.192 e. The Kier molecular flexibility index (Phi) is 8.36. The Labute approximate surface area is 162 Å². The first kappa shape index (κ1) is 22.1. The molecule has 0 spiro atoms. The smallest absolute Gasteiger partial charge is 0.192 e. The highest BCUT2D eigenvalue weighted by Gasteiger charge is 2.43. The van der Waals surface area contributed by atoms with Crippen LogP contribution in [0.1, 0.15) is 47.5 Å². The summed E-state index contributed by atoms with van der Waals surface area (Å²) in [5, 5.41) is 0.187. The molecule has 0 unspecified atom stereocenters. The third-order valence-electron chi connectivity index (χ3n) is 5.30. The molecule has 3 nitrogen and oxygen atoms in total. The second-order valence-electron chi connectivity index (χ2n) is 8.36. The third-order valence-corrected chi connectivity index (χ3v) is 10.3. The van der Waals surface area contributed by atoms with Gasteiger partial charge >= 0.3 is 0 Å². The number of carbonyl (C=O) groups is 1. The summed E-state index contributed by atoms with van der Waals surface area (Å²) in [4.78, 5) is 11.0. The van der Waals surface area contributed by atoms with Crippen molar-refractivity contribution < 1.29 is 14.0 Å². The zero-order valence-electron chi connectivity index (χ0n) is 16.1. The molecule has 138 valence electrons. The molecule has 0 aliphatic carbocycles. The molecule has 1 heterocycles. The van der Waals surface area contributed by atoms with Crippen LogP contribution >= 0.6 is 22.6 Å². The molecule has 0 aromatic carbocycles. The molecule has 0 amide bonds. The molecule has 0 aromatic rings. The van der Waals surface area contributed by atoms with Crippen LogP contribution in [0.15, 0.2) is 21.8 Å². The molecule has 1 fully saturated rings. The van der Waals surface area contributed by atoms with Crippen molar-refractivity contribution in [2.75, 3.05) is 0 Å². The second-order valence-corrected chi connectivity index (χ2v) is 13.8. The average molecular weight is 464 g/mol. The van der Waals surface area contributed by atoms with Crippen LogP contribution in [0.3, 0.4) is 0 Å². The highest BCUT2D eigenvalue weighted by molar-refractivity contribution is 14.1. The molecule has 1 saturated heterocycles. The molecular formula is C19H33IO3Si. The van der Waals surface area contributed by atoms with E-state index in [1.54, 1.807) is 0 Å². The summed E-state index contributed by atoms with van der Waals surface area (Å²) in [7, 11) is -1.84. The number of rotatable bonds is 6. The Bertz CT molecular complexity index is 479. The predicted molar refractivity (Wildman–Crippen MR) is 112 cm³/mol.